The molecule has 0 radical (unpaired) electrons. The molecule has 1 aromatic carbocycles. The van der Waals surface area contributed by atoms with E-state index in [1.807, 2.05) is 12.3 Å². The molecule has 0 fully saturated rings. The summed E-state index contributed by atoms with van der Waals surface area (Å²) in [6, 6.07) is 6.53. The van der Waals surface area contributed by atoms with Crippen molar-refractivity contribution in [2.45, 2.75) is 45.6 Å². The second kappa shape index (κ2) is 7.49. The van der Waals surface area contributed by atoms with Gasteiger partial charge >= 0.3 is 0 Å². The van der Waals surface area contributed by atoms with E-state index in [1.54, 1.807) is 29.5 Å². The van der Waals surface area contributed by atoms with Crippen molar-refractivity contribution in [3.63, 3.8) is 0 Å². The lowest BCUT2D eigenvalue weighted by Crippen LogP contribution is -2.35. The molecular formula is C17H21FN2OS. The van der Waals surface area contributed by atoms with E-state index in [0.717, 1.165) is 10.7 Å². The topological polar surface area (TPSA) is 42.0 Å². The summed E-state index contributed by atoms with van der Waals surface area (Å²) in [7, 11) is 0. The highest BCUT2D eigenvalue weighted by molar-refractivity contribution is 7.09. The molecule has 2 aromatic rings. The molecule has 2 rings (SSSR count). The molecule has 0 saturated heterocycles. The minimum absolute atomic E-state index is 0.0792. The highest BCUT2D eigenvalue weighted by atomic mass is 32.1. The quantitative estimate of drug-likeness (QED) is 0.882. The van der Waals surface area contributed by atoms with Gasteiger partial charge in [0, 0.05) is 17.3 Å². The molecule has 1 amide bonds. The van der Waals surface area contributed by atoms with E-state index in [1.165, 1.54) is 6.07 Å². The molecule has 1 unspecified atom stereocenters. The van der Waals surface area contributed by atoms with Gasteiger partial charge in [-0.1, -0.05) is 32.0 Å². The van der Waals surface area contributed by atoms with Crippen LogP contribution in [0.25, 0.3) is 0 Å². The van der Waals surface area contributed by atoms with Gasteiger partial charge in [0.1, 0.15) is 5.82 Å². The zero-order valence-electron chi connectivity index (χ0n) is 13.1. The first kappa shape index (κ1) is 16.6. The lowest BCUT2D eigenvalue weighted by atomic mass is 10.1. The van der Waals surface area contributed by atoms with Gasteiger partial charge in [0.15, 0.2) is 0 Å². The van der Waals surface area contributed by atoms with Crippen molar-refractivity contribution in [1.82, 2.24) is 10.3 Å². The van der Waals surface area contributed by atoms with Crippen molar-refractivity contribution in [2.24, 2.45) is 0 Å². The Balaban J connectivity index is 1.87. The van der Waals surface area contributed by atoms with E-state index in [0.29, 0.717) is 17.9 Å². The zero-order chi connectivity index (χ0) is 16.1. The molecule has 0 aliphatic carbocycles. The van der Waals surface area contributed by atoms with Crippen LogP contribution in [0.4, 0.5) is 4.39 Å². The average Bonchev–Trinajstić information content (AvgIpc) is 2.89. The fourth-order valence-corrected chi connectivity index (χ4v) is 3.04. The van der Waals surface area contributed by atoms with Crippen molar-refractivity contribution in [3.05, 3.63) is 51.7 Å². The number of thiazole rings is 1. The maximum atomic E-state index is 13.6. The van der Waals surface area contributed by atoms with Gasteiger partial charge in [0.25, 0.3) is 0 Å². The molecule has 3 nitrogen and oxygen atoms in total. The van der Waals surface area contributed by atoms with Crippen LogP contribution in [-0.4, -0.2) is 16.9 Å². The summed E-state index contributed by atoms with van der Waals surface area (Å²) in [6.07, 6.45) is 0.748. The fraction of sp³-hybridized carbons (Fsp3) is 0.412. The molecule has 0 aliphatic heterocycles. The predicted molar refractivity (Wildman–Crippen MR) is 87.6 cm³/mol. The largest absolute Gasteiger partial charge is 0.353 e. The van der Waals surface area contributed by atoms with Gasteiger partial charge in [-0.3, -0.25) is 4.79 Å². The first-order valence-corrected chi connectivity index (χ1v) is 8.30. The molecule has 0 saturated carbocycles. The summed E-state index contributed by atoms with van der Waals surface area (Å²) in [4.78, 5) is 16.5. The molecule has 1 heterocycles. The summed E-state index contributed by atoms with van der Waals surface area (Å²) >= 11 is 1.58. The molecule has 1 atom stereocenters. The fourth-order valence-electron chi connectivity index (χ4n) is 2.20. The van der Waals surface area contributed by atoms with Gasteiger partial charge in [-0.15, -0.1) is 11.3 Å². The Morgan fingerprint density at radius 3 is 2.68 bits per heavy atom. The first-order chi connectivity index (χ1) is 10.5. The maximum Gasteiger partial charge on any atom is 0.226 e. The lowest BCUT2D eigenvalue weighted by Gasteiger charge is -2.14. The maximum absolute atomic E-state index is 13.6. The summed E-state index contributed by atoms with van der Waals surface area (Å²) in [6.45, 7) is 6.04. The van der Waals surface area contributed by atoms with Crippen LogP contribution >= 0.6 is 11.3 Å². The summed E-state index contributed by atoms with van der Waals surface area (Å²) in [5.41, 5.74) is 1.41. The van der Waals surface area contributed by atoms with Crippen LogP contribution in [0.5, 0.6) is 0 Å². The summed E-state index contributed by atoms with van der Waals surface area (Å²) in [5.74, 6) is 0.0657. The van der Waals surface area contributed by atoms with Crippen LogP contribution in [0.2, 0.25) is 0 Å². The van der Waals surface area contributed by atoms with Crippen molar-refractivity contribution >= 4 is 17.2 Å². The van der Waals surface area contributed by atoms with E-state index >= 15 is 0 Å². The van der Waals surface area contributed by atoms with Crippen molar-refractivity contribution in [3.8, 4) is 0 Å². The van der Waals surface area contributed by atoms with Gasteiger partial charge in [-0.2, -0.15) is 0 Å². The van der Waals surface area contributed by atoms with Crippen LogP contribution in [0.15, 0.2) is 29.6 Å². The van der Waals surface area contributed by atoms with E-state index in [4.69, 9.17) is 0 Å². The molecule has 22 heavy (non-hydrogen) atoms. The number of amides is 1. The molecule has 0 bridgehead atoms. The van der Waals surface area contributed by atoms with Crippen LogP contribution < -0.4 is 5.32 Å². The number of nitrogens with one attached hydrogen (secondary N) is 1. The number of hydrogen-bond donors (Lipinski definition) is 1. The third kappa shape index (κ3) is 4.63. The smallest absolute Gasteiger partial charge is 0.226 e. The number of carbonyl (C=O) groups is 1. The van der Waals surface area contributed by atoms with Gasteiger partial charge in [-0.25, -0.2) is 9.37 Å². The molecule has 0 spiro atoms. The number of carbonyl (C=O) groups excluding carboxylic acids is 1. The van der Waals surface area contributed by atoms with Crippen molar-refractivity contribution < 1.29 is 9.18 Å². The monoisotopic (exact) mass is 320 g/mol. The van der Waals surface area contributed by atoms with Crippen LogP contribution in [0.1, 0.15) is 43.0 Å². The Hall–Kier alpha value is -1.75. The van der Waals surface area contributed by atoms with Crippen molar-refractivity contribution in [2.75, 3.05) is 0 Å². The highest BCUT2D eigenvalue weighted by Gasteiger charge is 2.13. The third-order valence-corrected chi connectivity index (χ3v) is 4.49. The summed E-state index contributed by atoms with van der Waals surface area (Å²) < 4.78 is 13.6. The molecule has 0 aliphatic rings. The van der Waals surface area contributed by atoms with Gasteiger partial charge < -0.3 is 5.32 Å². The van der Waals surface area contributed by atoms with Gasteiger partial charge in [-0.05, 0) is 25.0 Å². The Bertz CT molecular complexity index is 639. The Kier molecular flexibility index (Phi) is 5.66. The molecule has 118 valence electrons. The van der Waals surface area contributed by atoms with E-state index in [2.05, 4.69) is 24.1 Å². The molecular weight excluding hydrogens is 299 g/mol. The molecule has 5 heteroatoms. The van der Waals surface area contributed by atoms with Gasteiger partial charge in [0.2, 0.25) is 5.91 Å². The van der Waals surface area contributed by atoms with E-state index < -0.39 is 0 Å². The predicted octanol–water partition coefficient (Wildman–Crippen LogP) is 3.70. The number of aromatic nitrogens is 1. The SMILES string of the molecule is CC(Cc1ccccc1F)NC(=O)Cc1csc(C(C)C)n1. The van der Waals surface area contributed by atoms with Crippen LogP contribution in [0, 0.1) is 5.82 Å². The number of benzene rings is 1. The lowest BCUT2D eigenvalue weighted by molar-refractivity contribution is -0.121. The minimum Gasteiger partial charge on any atom is -0.353 e. The first-order valence-electron chi connectivity index (χ1n) is 7.42. The minimum atomic E-state index is -0.232. The average molecular weight is 320 g/mol. The standard InChI is InChI=1S/C17H21FN2OS/c1-11(2)17-20-14(10-22-17)9-16(21)19-12(3)8-13-6-4-5-7-15(13)18/h4-7,10-12H,8-9H2,1-3H3,(H,19,21). The number of rotatable bonds is 6. The Morgan fingerprint density at radius 2 is 2.05 bits per heavy atom. The third-order valence-electron chi connectivity index (χ3n) is 3.30. The summed E-state index contributed by atoms with van der Waals surface area (Å²) in [5, 5.41) is 5.87. The van der Waals surface area contributed by atoms with Gasteiger partial charge in [0.05, 0.1) is 17.1 Å². The number of halogens is 1. The highest BCUT2D eigenvalue weighted by Crippen LogP contribution is 2.19. The van der Waals surface area contributed by atoms with E-state index in [-0.39, 0.29) is 24.2 Å². The normalized spacial score (nSPS) is 12.4. The van der Waals surface area contributed by atoms with E-state index in [9.17, 15) is 9.18 Å². The molecule has 1 N–H and O–H groups in total. The Morgan fingerprint density at radius 1 is 1.32 bits per heavy atom. The zero-order valence-corrected chi connectivity index (χ0v) is 13.9. The Labute approximate surface area is 134 Å². The van der Waals surface area contributed by atoms with Crippen LogP contribution in [0.3, 0.4) is 0 Å². The van der Waals surface area contributed by atoms with Crippen molar-refractivity contribution in [1.29, 1.82) is 0 Å². The number of hydrogen-bond acceptors (Lipinski definition) is 3. The van der Waals surface area contributed by atoms with Crippen LogP contribution in [-0.2, 0) is 17.6 Å². The second-order valence-electron chi connectivity index (χ2n) is 5.77. The number of nitrogens with zero attached hydrogens (tertiary/aromatic N) is 1. The molecule has 1 aromatic heterocycles. The second-order valence-corrected chi connectivity index (χ2v) is 6.66.